The van der Waals surface area contributed by atoms with Gasteiger partial charge >= 0.3 is 0 Å². The Morgan fingerprint density at radius 2 is 1.88 bits per heavy atom. The standard InChI is InChI=1S/C22H21N3S/c1-14-8-9-18(10-16(14)3)21-13-26-22(25-21)19(11-23)12-24-20-7-5-6-15(2)17(20)4/h5-10,12-13,24H,1-4H3. The topological polar surface area (TPSA) is 48.7 Å². The summed E-state index contributed by atoms with van der Waals surface area (Å²) in [6, 6.07) is 14.7. The number of aryl methyl sites for hydroxylation is 3. The molecular formula is C22H21N3S. The molecule has 3 aromatic rings. The van der Waals surface area contributed by atoms with Crippen LogP contribution in [0.4, 0.5) is 5.69 Å². The fourth-order valence-electron chi connectivity index (χ4n) is 2.63. The number of rotatable bonds is 4. The van der Waals surface area contributed by atoms with Gasteiger partial charge in [-0.25, -0.2) is 4.98 Å². The van der Waals surface area contributed by atoms with Gasteiger partial charge in [0.25, 0.3) is 0 Å². The maximum absolute atomic E-state index is 9.55. The van der Waals surface area contributed by atoms with Gasteiger partial charge in [0.15, 0.2) is 0 Å². The molecule has 2 aromatic carbocycles. The Labute approximate surface area is 158 Å². The third-order valence-corrected chi connectivity index (χ3v) is 5.51. The molecule has 0 aliphatic heterocycles. The first kappa shape index (κ1) is 17.9. The van der Waals surface area contributed by atoms with Crippen LogP contribution >= 0.6 is 11.3 Å². The van der Waals surface area contributed by atoms with Gasteiger partial charge in [-0.2, -0.15) is 5.26 Å². The zero-order valence-electron chi connectivity index (χ0n) is 15.4. The quantitative estimate of drug-likeness (QED) is 0.579. The maximum Gasteiger partial charge on any atom is 0.136 e. The first-order chi connectivity index (χ1) is 12.5. The molecule has 0 aliphatic carbocycles. The number of hydrogen-bond donors (Lipinski definition) is 1. The van der Waals surface area contributed by atoms with E-state index in [4.69, 9.17) is 0 Å². The van der Waals surface area contributed by atoms with Gasteiger partial charge in [-0.15, -0.1) is 11.3 Å². The van der Waals surface area contributed by atoms with E-state index in [2.05, 4.69) is 68.3 Å². The van der Waals surface area contributed by atoms with Crippen LogP contribution in [0.1, 0.15) is 27.3 Å². The molecule has 4 heteroatoms. The molecule has 0 fully saturated rings. The van der Waals surface area contributed by atoms with Crippen molar-refractivity contribution in [3.8, 4) is 17.3 Å². The van der Waals surface area contributed by atoms with Crippen molar-refractivity contribution < 1.29 is 0 Å². The highest BCUT2D eigenvalue weighted by molar-refractivity contribution is 7.11. The van der Waals surface area contributed by atoms with E-state index in [-0.39, 0.29) is 0 Å². The molecule has 0 bridgehead atoms. The summed E-state index contributed by atoms with van der Waals surface area (Å²) in [5.74, 6) is 0. The van der Waals surface area contributed by atoms with Gasteiger partial charge in [0.05, 0.1) is 5.69 Å². The van der Waals surface area contributed by atoms with Gasteiger partial charge in [0.1, 0.15) is 16.6 Å². The largest absolute Gasteiger partial charge is 0.360 e. The summed E-state index contributed by atoms with van der Waals surface area (Å²) >= 11 is 1.49. The normalized spacial score (nSPS) is 11.3. The summed E-state index contributed by atoms with van der Waals surface area (Å²) < 4.78 is 0. The van der Waals surface area contributed by atoms with E-state index >= 15 is 0 Å². The molecule has 1 heterocycles. The lowest BCUT2D eigenvalue weighted by Crippen LogP contribution is -1.95. The van der Waals surface area contributed by atoms with Crippen LogP contribution in [0, 0.1) is 39.0 Å². The van der Waals surface area contributed by atoms with Gasteiger partial charge in [0, 0.05) is 22.8 Å². The highest BCUT2D eigenvalue weighted by Gasteiger charge is 2.10. The number of allylic oxidation sites excluding steroid dienone is 1. The molecule has 0 unspecified atom stereocenters. The Morgan fingerprint density at radius 3 is 2.62 bits per heavy atom. The number of thiazole rings is 1. The van der Waals surface area contributed by atoms with Crippen LogP contribution in [-0.2, 0) is 0 Å². The second kappa shape index (κ2) is 7.55. The molecule has 3 rings (SSSR count). The van der Waals surface area contributed by atoms with Gasteiger partial charge in [-0.05, 0) is 62.1 Å². The highest BCUT2D eigenvalue weighted by Crippen LogP contribution is 2.27. The first-order valence-electron chi connectivity index (χ1n) is 8.46. The van der Waals surface area contributed by atoms with Crippen molar-refractivity contribution in [3.05, 3.63) is 75.2 Å². The predicted molar refractivity (Wildman–Crippen MR) is 110 cm³/mol. The van der Waals surface area contributed by atoms with E-state index < -0.39 is 0 Å². The Morgan fingerprint density at radius 1 is 1.08 bits per heavy atom. The third kappa shape index (κ3) is 3.68. The number of hydrogen-bond acceptors (Lipinski definition) is 4. The summed E-state index contributed by atoms with van der Waals surface area (Å²) in [6.07, 6.45) is 1.74. The molecule has 3 nitrogen and oxygen atoms in total. The zero-order valence-corrected chi connectivity index (χ0v) is 16.2. The predicted octanol–water partition coefficient (Wildman–Crippen LogP) is 6.02. The van der Waals surface area contributed by atoms with E-state index in [0.29, 0.717) is 5.57 Å². The van der Waals surface area contributed by atoms with E-state index in [9.17, 15) is 5.26 Å². The van der Waals surface area contributed by atoms with Crippen LogP contribution in [0.2, 0.25) is 0 Å². The Bertz CT molecular complexity index is 1020. The minimum atomic E-state index is 0.533. The molecule has 1 N–H and O–H groups in total. The van der Waals surface area contributed by atoms with Gasteiger partial charge in [-0.1, -0.05) is 24.3 Å². The number of aromatic nitrogens is 1. The molecule has 0 atom stereocenters. The minimum Gasteiger partial charge on any atom is -0.360 e. The fraction of sp³-hybridized carbons (Fsp3) is 0.182. The van der Waals surface area contributed by atoms with Crippen molar-refractivity contribution in [1.29, 1.82) is 5.26 Å². The molecule has 0 radical (unpaired) electrons. The molecule has 0 saturated carbocycles. The van der Waals surface area contributed by atoms with Crippen LogP contribution in [0.25, 0.3) is 16.8 Å². The molecule has 0 amide bonds. The maximum atomic E-state index is 9.55. The summed E-state index contributed by atoms with van der Waals surface area (Å²) in [7, 11) is 0. The van der Waals surface area contributed by atoms with Crippen LogP contribution in [0.5, 0.6) is 0 Å². The first-order valence-corrected chi connectivity index (χ1v) is 9.34. The molecular weight excluding hydrogens is 338 g/mol. The Hall–Kier alpha value is -2.90. The third-order valence-electron chi connectivity index (χ3n) is 4.63. The molecule has 0 saturated heterocycles. The van der Waals surface area contributed by atoms with Crippen LogP contribution in [0.15, 0.2) is 48.0 Å². The summed E-state index contributed by atoms with van der Waals surface area (Å²) in [5, 5.41) is 15.5. The van der Waals surface area contributed by atoms with Crippen molar-refractivity contribution in [3.63, 3.8) is 0 Å². The summed E-state index contributed by atoms with van der Waals surface area (Å²) in [5.41, 5.74) is 8.42. The number of nitrogens with one attached hydrogen (secondary N) is 1. The molecule has 0 aliphatic rings. The monoisotopic (exact) mass is 359 g/mol. The van der Waals surface area contributed by atoms with Crippen molar-refractivity contribution in [2.24, 2.45) is 0 Å². The van der Waals surface area contributed by atoms with Crippen molar-refractivity contribution in [1.82, 2.24) is 4.98 Å². The average Bonchev–Trinajstić information content (AvgIpc) is 3.11. The molecule has 26 heavy (non-hydrogen) atoms. The van der Waals surface area contributed by atoms with E-state index in [1.165, 1.54) is 33.6 Å². The van der Waals surface area contributed by atoms with Gasteiger partial charge < -0.3 is 5.32 Å². The Kier molecular flexibility index (Phi) is 5.20. The van der Waals surface area contributed by atoms with Gasteiger partial charge in [-0.3, -0.25) is 0 Å². The number of nitrogens with zero attached hydrogens (tertiary/aromatic N) is 2. The average molecular weight is 359 g/mol. The molecule has 0 spiro atoms. The van der Waals surface area contributed by atoms with E-state index in [1.807, 2.05) is 17.5 Å². The smallest absolute Gasteiger partial charge is 0.136 e. The second-order valence-electron chi connectivity index (χ2n) is 6.40. The van der Waals surface area contributed by atoms with Crippen LogP contribution in [-0.4, -0.2) is 4.98 Å². The van der Waals surface area contributed by atoms with Crippen molar-refractivity contribution in [2.75, 3.05) is 5.32 Å². The minimum absolute atomic E-state index is 0.533. The van der Waals surface area contributed by atoms with Crippen LogP contribution in [0.3, 0.4) is 0 Å². The van der Waals surface area contributed by atoms with E-state index in [0.717, 1.165) is 22.0 Å². The number of anilines is 1. The fourth-order valence-corrected chi connectivity index (χ4v) is 3.42. The lowest BCUT2D eigenvalue weighted by Gasteiger charge is -2.08. The summed E-state index contributed by atoms with van der Waals surface area (Å²) in [6.45, 7) is 8.34. The number of benzene rings is 2. The lowest BCUT2D eigenvalue weighted by molar-refractivity contribution is 1.31. The molecule has 130 valence electrons. The number of nitriles is 1. The molecule has 1 aromatic heterocycles. The van der Waals surface area contributed by atoms with Gasteiger partial charge in [0.2, 0.25) is 0 Å². The van der Waals surface area contributed by atoms with Crippen molar-refractivity contribution in [2.45, 2.75) is 27.7 Å². The van der Waals surface area contributed by atoms with Crippen molar-refractivity contribution >= 4 is 22.6 Å². The second-order valence-corrected chi connectivity index (χ2v) is 7.26. The summed E-state index contributed by atoms with van der Waals surface area (Å²) in [4.78, 5) is 4.66. The zero-order chi connectivity index (χ0) is 18.7. The van der Waals surface area contributed by atoms with E-state index in [1.54, 1.807) is 6.20 Å². The van der Waals surface area contributed by atoms with Crippen LogP contribution < -0.4 is 5.32 Å². The lowest BCUT2D eigenvalue weighted by atomic mass is 10.1. The Balaban J connectivity index is 1.87. The highest BCUT2D eigenvalue weighted by atomic mass is 32.1. The SMILES string of the molecule is Cc1ccc(-c2csc(C(C#N)=CNc3cccc(C)c3C)n2)cc1C.